The number of pyridine rings is 1. The van der Waals surface area contributed by atoms with Gasteiger partial charge in [0.05, 0.1) is 18.3 Å². The first-order chi connectivity index (χ1) is 12.1. The van der Waals surface area contributed by atoms with Gasteiger partial charge in [-0.15, -0.1) is 0 Å². The average molecular weight is 339 g/mol. The van der Waals surface area contributed by atoms with Crippen molar-refractivity contribution < 1.29 is 9.90 Å². The maximum atomic E-state index is 12.6. The Bertz CT molecular complexity index is 705. The lowest BCUT2D eigenvalue weighted by molar-refractivity contribution is 0.126. The van der Waals surface area contributed by atoms with Crippen LogP contribution in [0.25, 0.3) is 0 Å². The van der Waals surface area contributed by atoms with Gasteiger partial charge < -0.3 is 15.3 Å². The van der Waals surface area contributed by atoms with Crippen LogP contribution in [0.15, 0.2) is 48.7 Å². The number of urea groups is 1. The van der Waals surface area contributed by atoms with Crippen molar-refractivity contribution >= 4 is 6.03 Å². The van der Waals surface area contributed by atoms with E-state index in [2.05, 4.69) is 10.3 Å². The summed E-state index contributed by atoms with van der Waals surface area (Å²) < 4.78 is 0. The number of nitrogens with one attached hydrogen (secondary N) is 1. The number of benzene rings is 1. The standard InChI is InChI=1S/C20H25N3O2/c1-15-7-5-11-21-18(15)14-22-20(25)23-12-6-10-17(23)13-19(24)16-8-3-2-4-9-16/h2-5,7-9,11,17,19,24H,6,10,12-14H2,1H3,(H,22,25)/t17-,19+/m1/s1. The monoisotopic (exact) mass is 339 g/mol. The Kier molecular flexibility index (Phi) is 5.66. The number of carbonyl (C=O) groups excluding carboxylic acids is 1. The lowest BCUT2D eigenvalue weighted by Crippen LogP contribution is -2.43. The average Bonchev–Trinajstić information content (AvgIpc) is 3.09. The van der Waals surface area contributed by atoms with Crippen LogP contribution >= 0.6 is 0 Å². The van der Waals surface area contributed by atoms with Crippen LogP contribution in [-0.2, 0) is 6.54 Å². The van der Waals surface area contributed by atoms with Gasteiger partial charge in [-0.3, -0.25) is 4.98 Å². The summed E-state index contributed by atoms with van der Waals surface area (Å²) in [6.07, 6.45) is 3.67. The molecule has 0 aliphatic carbocycles. The normalized spacial score (nSPS) is 18.2. The molecule has 1 aliphatic rings. The molecule has 2 heterocycles. The summed E-state index contributed by atoms with van der Waals surface area (Å²) in [4.78, 5) is 18.7. The summed E-state index contributed by atoms with van der Waals surface area (Å²) in [6, 6.07) is 13.5. The van der Waals surface area contributed by atoms with Crippen molar-refractivity contribution in [1.29, 1.82) is 0 Å². The van der Waals surface area contributed by atoms with Crippen LogP contribution in [0, 0.1) is 6.92 Å². The van der Waals surface area contributed by atoms with E-state index in [0.717, 1.165) is 36.2 Å². The van der Waals surface area contributed by atoms with Crippen molar-refractivity contribution in [2.45, 2.75) is 44.9 Å². The number of amides is 2. The number of hydrogen-bond acceptors (Lipinski definition) is 3. The van der Waals surface area contributed by atoms with Crippen LogP contribution in [0.2, 0.25) is 0 Å². The number of carbonyl (C=O) groups is 1. The molecule has 2 N–H and O–H groups in total. The number of aliphatic hydroxyl groups excluding tert-OH is 1. The van der Waals surface area contributed by atoms with Gasteiger partial charge in [-0.2, -0.15) is 0 Å². The first kappa shape index (κ1) is 17.4. The third-order valence-corrected chi connectivity index (χ3v) is 4.84. The molecule has 0 bridgehead atoms. The minimum atomic E-state index is -0.544. The summed E-state index contributed by atoms with van der Waals surface area (Å²) in [6.45, 7) is 3.15. The van der Waals surface area contributed by atoms with Crippen molar-refractivity contribution in [2.24, 2.45) is 0 Å². The fourth-order valence-corrected chi connectivity index (χ4v) is 3.38. The fourth-order valence-electron chi connectivity index (χ4n) is 3.38. The predicted octanol–water partition coefficient (Wildman–Crippen LogP) is 3.19. The largest absolute Gasteiger partial charge is 0.388 e. The topological polar surface area (TPSA) is 65.5 Å². The van der Waals surface area contributed by atoms with E-state index in [9.17, 15) is 9.90 Å². The minimum Gasteiger partial charge on any atom is -0.388 e. The van der Waals surface area contributed by atoms with E-state index in [1.165, 1.54) is 0 Å². The smallest absolute Gasteiger partial charge is 0.317 e. The van der Waals surface area contributed by atoms with Crippen molar-refractivity contribution in [3.8, 4) is 0 Å². The Hall–Kier alpha value is -2.40. The second-order valence-corrected chi connectivity index (χ2v) is 6.58. The zero-order chi connectivity index (χ0) is 17.6. The zero-order valence-electron chi connectivity index (χ0n) is 14.6. The van der Waals surface area contributed by atoms with Gasteiger partial charge in [-0.05, 0) is 43.4 Å². The molecule has 2 atom stereocenters. The van der Waals surface area contributed by atoms with Gasteiger partial charge >= 0.3 is 6.03 Å². The van der Waals surface area contributed by atoms with E-state index in [1.54, 1.807) is 6.20 Å². The van der Waals surface area contributed by atoms with E-state index in [4.69, 9.17) is 0 Å². The number of hydrogen-bond donors (Lipinski definition) is 2. The lowest BCUT2D eigenvalue weighted by atomic mass is 10.0. The molecule has 2 amide bonds. The Morgan fingerprint density at radius 1 is 1.32 bits per heavy atom. The second kappa shape index (κ2) is 8.12. The molecule has 2 aromatic rings. The predicted molar refractivity (Wildman–Crippen MR) is 97.0 cm³/mol. The molecule has 5 nitrogen and oxygen atoms in total. The minimum absolute atomic E-state index is 0.0695. The highest BCUT2D eigenvalue weighted by Crippen LogP contribution is 2.27. The SMILES string of the molecule is Cc1cccnc1CNC(=O)N1CCC[C@@H]1C[C@H](O)c1ccccc1. The van der Waals surface area contributed by atoms with E-state index in [-0.39, 0.29) is 12.1 Å². The van der Waals surface area contributed by atoms with Crippen molar-refractivity contribution in [3.05, 3.63) is 65.5 Å². The van der Waals surface area contributed by atoms with Gasteiger partial charge in [0.15, 0.2) is 0 Å². The van der Waals surface area contributed by atoms with Crippen LogP contribution in [0.4, 0.5) is 4.79 Å². The first-order valence-corrected chi connectivity index (χ1v) is 8.83. The number of likely N-dealkylation sites (tertiary alicyclic amines) is 1. The van der Waals surface area contributed by atoms with Gasteiger partial charge in [-0.25, -0.2) is 4.79 Å². The summed E-state index contributed by atoms with van der Waals surface area (Å²) in [5.74, 6) is 0. The molecule has 1 aromatic heterocycles. The molecular weight excluding hydrogens is 314 g/mol. The van der Waals surface area contributed by atoms with Crippen LogP contribution in [0.1, 0.15) is 42.2 Å². The second-order valence-electron chi connectivity index (χ2n) is 6.58. The Morgan fingerprint density at radius 2 is 2.12 bits per heavy atom. The van der Waals surface area contributed by atoms with Crippen LogP contribution in [0.5, 0.6) is 0 Å². The van der Waals surface area contributed by atoms with Gasteiger partial charge in [0, 0.05) is 18.8 Å². The summed E-state index contributed by atoms with van der Waals surface area (Å²) in [5, 5.41) is 13.4. The summed E-state index contributed by atoms with van der Waals surface area (Å²) >= 11 is 0. The number of aromatic nitrogens is 1. The third kappa shape index (κ3) is 4.37. The van der Waals surface area contributed by atoms with E-state index in [1.807, 2.05) is 54.3 Å². The molecule has 5 heteroatoms. The highest BCUT2D eigenvalue weighted by molar-refractivity contribution is 5.74. The molecule has 1 aromatic carbocycles. The van der Waals surface area contributed by atoms with Gasteiger partial charge in [0.1, 0.15) is 0 Å². The van der Waals surface area contributed by atoms with Crippen molar-refractivity contribution in [2.75, 3.05) is 6.54 Å². The fraction of sp³-hybridized carbons (Fsp3) is 0.400. The molecule has 1 saturated heterocycles. The molecule has 3 rings (SSSR count). The van der Waals surface area contributed by atoms with E-state index < -0.39 is 6.10 Å². The highest BCUT2D eigenvalue weighted by atomic mass is 16.3. The molecule has 0 radical (unpaired) electrons. The first-order valence-electron chi connectivity index (χ1n) is 8.83. The van der Waals surface area contributed by atoms with Gasteiger partial charge in [0.25, 0.3) is 0 Å². The quantitative estimate of drug-likeness (QED) is 0.879. The van der Waals surface area contributed by atoms with Crippen LogP contribution in [-0.4, -0.2) is 33.6 Å². The molecule has 1 fully saturated rings. The molecular formula is C20H25N3O2. The Morgan fingerprint density at radius 3 is 2.88 bits per heavy atom. The Labute approximate surface area is 148 Å². The third-order valence-electron chi connectivity index (χ3n) is 4.84. The number of aryl methyl sites for hydroxylation is 1. The highest BCUT2D eigenvalue weighted by Gasteiger charge is 2.30. The van der Waals surface area contributed by atoms with Crippen LogP contribution < -0.4 is 5.32 Å². The zero-order valence-corrected chi connectivity index (χ0v) is 14.6. The lowest BCUT2D eigenvalue weighted by Gasteiger charge is -2.27. The molecule has 0 unspecified atom stereocenters. The van der Waals surface area contributed by atoms with Gasteiger partial charge in [-0.1, -0.05) is 36.4 Å². The van der Waals surface area contributed by atoms with E-state index >= 15 is 0 Å². The van der Waals surface area contributed by atoms with Crippen LogP contribution in [0.3, 0.4) is 0 Å². The molecule has 1 aliphatic heterocycles. The summed E-state index contributed by atoms with van der Waals surface area (Å²) in [7, 11) is 0. The molecule has 0 spiro atoms. The molecule has 25 heavy (non-hydrogen) atoms. The maximum absolute atomic E-state index is 12.6. The molecule has 132 valence electrons. The maximum Gasteiger partial charge on any atom is 0.317 e. The Balaban J connectivity index is 1.57. The number of rotatable bonds is 5. The number of aliphatic hydroxyl groups is 1. The number of nitrogens with zero attached hydrogens (tertiary/aromatic N) is 2. The summed E-state index contributed by atoms with van der Waals surface area (Å²) in [5.41, 5.74) is 2.86. The van der Waals surface area contributed by atoms with Crippen molar-refractivity contribution in [3.63, 3.8) is 0 Å². The van der Waals surface area contributed by atoms with Gasteiger partial charge in [0.2, 0.25) is 0 Å². The van der Waals surface area contributed by atoms with Crippen molar-refractivity contribution in [1.82, 2.24) is 15.2 Å². The molecule has 0 saturated carbocycles. The van der Waals surface area contributed by atoms with E-state index in [0.29, 0.717) is 13.0 Å².